The molecule has 0 bridgehead atoms. The van der Waals surface area contributed by atoms with Crippen LogP contribution in [0, 0.1) is 4.91 Å². The van der Waals surface area contributed by atoms with Crippen LogP contribution < -0.4 is 0 Å². The van der Waals surface area contributed by atoms with Crippen molar-refractivity contribution in [3.05, 3.63) is 45.2 Å². The van der Waals surface area contributed by atoms with Gasteiger partial charge in [0.15, 0.2) is 0 Å². The Balaban J connectivity index is 2.70. The zero-order valence-corrected chi connectivity index (χ0v) is 7.95. The molecule has 0 saturated carbocycles. The molecule has 78 valence electrons. The van der Waals surface area contributed by atoms with Crippen molar-refractivity contribution in [3.8, 4) is 0 Å². The van der Waals surface area contributed by atoms with Crippen LogP contribution in [-0.4, -0.2) is 17.8 Å². The predicted molar refractivity (Wildman–Crippen MR) is 55.6 cm³/mol. The van der Waals surface area contributed by atoms with Crippen LogP contribution in [0.3, 0.4) is 0 Å². The topological polar surface area (TPSA) is 98.4 Å². The number of hydrogen-bond donors (Lipinski definition) is 1. The van der Waals surface area contributed by atoms with E-state index in [1.807, 2.05) is 0 Å². The van der Waals surface area contributed by atoms with Crippen molar-refractivity contribution in [1.29, 1.82) is 0 Å². The molecule has 6 heteroatoms. The Hall–Kier alpha value is -1.91. The lowest BCUT2D eigenvalue weighted by Gasteiger charge is -2.06. The molecule has 1 atom stereocenters. The summed E-state index contributed by atoms with van der Waals surface area (Å²) in [6, 6.07) is 6.11. The first-order chi connectivity index (χ1) is 7.30. The largest absolute Gasteiger partial charge is 0.396 e. The fourth-order valence-electron chi connectivity index (χ4n) is 1.18. The number of aliphatic hydroxyl groups excluding tert-OH is 1. The van der Waals surface area contributed by atoms with E-state index >= 15 is 0 Å². The third-order valence-electron chi connectivity index (χ3n) is 1.94. The normalized spacial score (nSPS) is 11.5. The number of rotatable bonds is 5. The van der Waals surface area contributed by atoms with Crippen LogP contribution in [0.4, 0.5) is 5.69 Å². The van der Waals surface area contributed by atoms with Gasteiger partial charge in [0.2, 0.25) is 0 Å². The zero-order chi connectivity index (χ0) is 11.1. The number of benzene rings is 1. The smallest absolute Gasteiger partial charge is 0.108 e. The lowest BCUT2D eigenvalue weighted by Crippen LogP contribution is -2.12. The van der Waals surface area contributed by atoms with E-state index in [1.165, 1.54) is 0 Å². The summed E-state index contributed by atoms with van der Waals surface area (Å²) in [6.45, 7) is -0.197. The number of hydrogen-bond acceptors (Lipinski definition) is 4. The number of aliphatic hydroxyl groups is 1. The van der Waals surface area contributed by atoms with Gasteiger partial charge in [-0.2, -0.15) is 0 Å². The molecule has 15 heavy (non-hydrogen) atoms. The minimum atomic E-state index is -0.468. The average molecular weight is 206 g/mol. The van der Waals surface area contributed by atoms with E-state index in [-0.39, 0.29) is 6.61 Å². The second kappa shape index (κ2) is 5.74. The Bertz CT molecular complexity index is 370. The van der Waals surface area contributed by atoms with Crippen molar-refractivity contribution in [3.63, 3.8) is 0 Å². The lowest BCUT2D eigenvalue weighted by molar-refractivity contribution is 0.265. The molecule has 1 N–H and O–H groups in total. The summed E-state index contributed by atoms with van der Waals surface area (Å²) in [5.74, 6) is 0. The molecule has 0 fully saturated rings. The molecule has 0 aliphatic rings. The van der Waals surface area contributed by atoms with E-state index < -0.39 is 6.04 Å². The first-order valence-corrected chi connectivity index (χ1v) is 4.37. The van der Waals surface area contributed by atoms with Crippen molar-refractivity contribution in [2.75, 3.05) is 6.61 Å². The van der Waals surface area contributed by atoms with Crippen molar-refractivity contribution in [2.24, 2.45) is 10.3 Å². The molecule has 0 amide bonds. The zero-order valence-electron chi connectivity index (χ0n) is 7.95. The highest BCUT2D eigenvalue weighted by atomic mass is 16.3. The molecule has 0 spiro atoms. The first-order valence-electron chi connectivity index (χ1n) is 4.37. The fraction of sp³-hybridized carbons (Fsp3) is 0.333. The molecule has 1 aromatic rings. The van der Waals surface area contributed by atoms with E-state index in [1.54, 1.807) is 24.3 Å². The molecule has 0 heterocycles. The summed E-state index contributed by atoms with van der Waals surface area (Å²) >= 11 is 0. The highest BCUT2D eigenvalue weighted by Gasteiger charge is 2.05. The number of nitrogens with zero attached hydrogens (tertiary/aromatic N) is 4. The van der Waals surface area contributed by atoms with Crippen molar-refractivity contribution >= 4 is 5.69 Å². The fourth-order valence-corrected chi connectivity index (χ4v) is 1.18. The maximum Gasteiger partial charge on any atom is 0.108 e. The highest BCUT2D eigenvalue weighted by molar-refractivity contribution is 5.38. The van der Waals surface area contributed by atoms with Gasteiger partial charge in [0.25, 0.3) is 0 Å². The Morgan fingerprint density at radius 3 is 2.53 bits per heavy atom. The maximum atomic E-state index is 10.1. The highest BCUT2D eigenvalue weighted by Crippen LogP contribution is 2.14. The summed E-state index contributed by atoms with van der Waals surface area (Å²) in [4.78, 5) is 12.8. The third kappa shape index (κ3) is 3.38. The van der Waals surface area contributed by atoms with E-state index in [2.05, 4.69) is 15.2 Å². The molecule has 1 aromatic carbocycles. The Morgan fingerprint density at radius 1 is 1.40 bits per heavy atom. The summed E-state index contributed by atoms with van der Waals surface area (Å²) in [5.41, 5.74) is 9.45. The van der Waals surface area contributed by atoms with E-state index in [9.17, 15) is 4.91 Å². The second-order valence-electron chi connectivity index (χ2n) is 3.00. The van der Waals surface area contributed by atoms with Gasteiger partial charge in [0.05, 0.1) is 12.6 Å². The molecule has 1 rings (SSSR count). The van der Waals surface area contributed by atoms with Gasteiger partial charge >= 0.3 is 0 Å². The predicted octanol–water partition coefficient (Wildman–Crippen LogP) is 2.30. The monoisotopic (exact) mass is 206 g/mol. The Kier molecular flexibility index (Phi) is 4.28. The molecule has 0 radical (unpaired) electrons. The van der Waals surface area contributed by atoms with Crippen LogP contribution in [-0.2, 0) is 6.42 Å². The van der Waals surface area contributed by atoms with Gasteiger partial charge < -0.3 is 5.11 Å². The van der Waals surface area contributed by atoms with Gasteiger partial charge in [-0.15, -0.1) is 4.91 Å². The molecule has 6 nitrogen and oxygen atoms in total. The Morgan fingerprint density at radius 2 is 2.07 bits per heavy atom. The lowest BCUT2D eigenvalue weighted by atomic mass is 10.1. The van der Waals surface area contributed by atoms with Gasteiger partial charge in [-0.3, -0.25) is 0 Å². The van der Waals surface area contributed by atoms with Crippen molar-refractivity contribution in [2.45, 2.75) is 12.5 Å². The van der Waals surface area contributed by atoms with E-state index in [0.29, 0.717) is 12.1 Å². The molecule has 0 aromatic heterocycles. The van der Waals surface area contributed by atoms with Gasteiger partial charge in [0, 0.05) is 4.91 Å². The summed E-state index contributed by atoms with van der Waals surface area (Å²) < 4.78 is 0. The van der Waals surface area contributed by atoms with Gasteiger partial charge in [-0.25, -0.2) is 0 Å². The van der Waals surface area contributed by atoms with E-state index in [0.717, 1.165) is 5.56 Å². The summed E-state index contributed by atoms with van der Waals surface area (Å²) in [7, 11) is 0. The van der Waals surface area contributed by atoms with Crippen LogP contribution in [0.5, 0.6) is 0 Å². The summed E-state index contributed by atoms with van der Waals surface area (Å²) in [5, 5.41) is 15.1. The van der Waals surface area contributed by atoms with Gasteiger partial charge in [-0.05, 0) is 34.8 Å². The summed E-state index contributed by atoms with van der Waals surface area (Å²) in [6.07, 6.45) is 0.444. The molecule has 0 aliphatic carbocycles. The van der Waals surface area contributed by atoms with Crippen LogP contribution in [0.2, 0.25) is 0 Å². The standard InChI is InChI=1S/C9H10N4O2/c10-13-11-9(6-14)5-7-1-3-8(12-15)4-2-7/h1-4,9,14H,5-6H2. The molecular formula is C9H10N4O2. The number of nitroso groups, excluding NO2 is 1. The molecule has 1 unspecified atom stereocenters. The second-order valence-corrected chi connectivity index (χ2v) is 3.00. The van der Waals surface area contributed by atoms with Crippen LogP contribution in [0.25, 0.3) is 10.4 Å². The van der Waals surface area contributed by atoms with Gasteiger partial charge in [0.1, 0.15) is 5.69 Å². The van der Waals surface area contributed by atoms with Crippen molar-refractivity contribution < 1.29 is 5.11 Å². The van der Waals surface area contributed by atoms with Crippen LogP contribution in [0.1, 0.15) is 5.56 Å². The molecule has 0 aliphatic heterocycles. The first kappa shape index (κ1) is 11.2. The molecule has 0 saturated heterocycles. The Labute approximate surface area is 86.1 Å². The SMILES string of the molecule is [N-]=[N+]=NC(CO)Cc1ccc(N=O)cc1. The third-order valence-corrected chi connectivity index (χ3v) is 1.94. The van der Waals surface area contributed by atoms with Crippen LogP contribution >= 0.6 is 0 Å². The minimum Gasteiger partial charge on any atom is -0.396 e. The maximum absolute atomic E-state index is 10.1. The van der Waals surface area contributed by atoms with Crippen molar-refractivity contribution in [1.82, 2.24) is 0 Å². The van der Waals surface area contributed by atoms with E-state index in [4.69, 9.17) is 10.6 Å². The van der Waals surface area contributed by atoms with Crippen LogP contribution in [0.15, 0.2) is 34.6 Å². The minimum absolute atomic E-state index is 0.197. The van der Waals surface area contributed by atoms with Gasteiger partial charge in [-0.1, -0.05) is 17.2 Å². The number of azide groups is 1. The molecular weight excluding hydrogens is 196 g/mol. The average Bonchev–Trinajstić information content (AvgIpc) is 2.29. The quantitative estimate of drug-likeness (QED) is 0.346.